The third-order valence-electron chi connectivity index (χ3n) is 5.36. The number of hydrogen-bond donors (Lipinski definition) is 2. The number of hydrazine groups is 1. The van der Waals surface area contributed by atoms with Crippen molar-refractivity contribution in [2.45, 2.75) is 31.5 Å². The van der Waals surface area contributed by atoms with Gasteiger partial charge < -0.3 is 15.2 Å². The summed E-state index contributed by atoms with van der Waals surface area (Å²) in [7, 11) is 0. The molecule has 0 radical (unpaired) electrons. The van der Waals surface area contributed by atoms with Gasteiger partial charge in [-0.3, -0.25) is 9.59 Å². The Morgan fingerprint density at radius 2 is 1.87 bits per heavy atom. The van der Waals surface area contributed by atoms with Crippen LogP contribution in [0, 0.1) is 11.6 Å². The monoisotopic (exact) mass is 412 g/mol. The largest absolute Gasteiger partial charge is 0.352 e. The SMILES string of the molecule is O=C(CCN1C=CN2NC(c3ccc(F)cc3)CC2C1=O)NCc1ccccc1F. The number of rotatable bonds is 6. The lowest BCUT2D eigenvalue weighted by atomic mass is 10.0. The molecule has 2 aromatic rings. The summed E-state index contributed by atoms with van der Waals surface area (Å²) >= 11 is 0. The van der Waals surface area contributed by atoms with Gasteiger partial charge in [-0.2, -0.15) is 0 Å². The van der Waals surface area contributed by atoms with Gasteiger partial charge >= 0.3 is 0 Å². The van der Waals surface area contributed by atoms with Crippen molar-refractivity contribution in [3.8, 4) is 0 Å². The van der Waals surface area contributed by atoms with E-state index in [2.05, 4.69) is 10.7 Å². The molecule has 2 aliphatic heterocycles. The van der Waals surface area contributed by atoms with Crippen LogP contribution in [0.4, 0.5) is 8.78 Å². The van der Waals surface area contributed by atoms with Crippen molar-refractivity contribution in [3.63, 3.8) is 0 Å². The molecule has 2 heterocycles. The fourth-order valence-electron chi connectivity index (χ4n) is 3.68. The number of amides is 2. The van der Waals surface area contributed by atoms with Crippen molar-refractivity contribution >= 4 is 11.8 Å². The van der Waals surface area contributed by atoms with E-state index in [1.54, 1.807) is 47.7 Å². The molecular formula is C22H22F2N4O2. The summed E-state index contributed by atoms with van der Waals surface area (Å²) in [6, 6.07) is 12.0. The molecule has 2 aliphatic rings. The number of nitrogens with one attached hydrogen (secondary N) is 2. The molecule has 0 spiro atoms. The topological polar surface area (TPSA) is 64.7 Å². The lowest BCUT2D eigenvalue weighted by Crippen LogP contribution is -2.48. The Balaban J connectivity index is 1.29. The van der Waals surface area contributed by atoms with Crippen LogP contribution in [0.2, 0.25) is 0 Å². The van der Waals surface area contributed by atoms with Crippen LogP contribution in [-0.4, -0.2) is 34.3 Å². The average Bonchev–Trinajstić information content (AvgIpc) is 3.18. The highest BCUT2D eigenvalue weighted by Gasteiger charge is 2.39. The van der Waals surface area contributed by atoms with Gasteiger partial charge in [-0.1, -0.05) is 30.3 Å². The van der Waals surface area contributed by atoms with Gasteiger partial charge in [0.2, 0.25) is 5.91 Å². The number of hydrogen-bond acceptors (Lipinski definition) is 4. The quantitative estimate of drug-likeness (QED) is 0.766. The highest BCUT2D eigenvalue weighted by molar-refractivity contribution is 5.85. The predicted octanol–water partition coefficient (Wildman–Crippen LogP) is 2.60. The molecule has 4 rings (SSSR count). The second-order valence-electron chi connectivity index (χ2n) is 7.34. The van der Waals surface area contributed by atoms with E-state index in [0.717, 1.165) is 5.56 Å². The Morgan fingerprint density at radius 1 is 1.10 bits per heavy atom. The summed E-state index contributed by atoms with van der Waals surface area (Å²) in [5.41, 5.74) is 4.57. The van der Waals surface area contributed by atoms with Gasteiger partial charge in [-0.25, -0.2) is 14.2 Å². The Kier molecular flexibility index (Phi) is 5.76. The van der Waals surface area contributed by atoms with Gasteiger partial charge in [-0.05, 0) is 30.2 Å². The van der Waals surface area contributed by atoms with Crippen LogP contribution in [0.15, 0.2) is 60.9 Å². The van der Waals surface area contributed by atoms with Crippen molar-refractivity contribution in [1.29, 1.82) is 0 Å². The molecule has 6 nitrogen and oxygen atoms in total. The zero-order chi connectivity index (χ0) is 21.1. The van der Waals surface area contributed by atoms with Gasteiger partial charge in [0.05, 0.1) is 6.04 Å². The van der Waals surface area contributed by atoms with Crippen molar-refractivity contribution in [2.24, 2.45) is 0 Å². The molecular weight excluding hydrogens is 390 g/mol. The van der Waals surface area contributed by atoms with Gasteiger partial charge in [0.25, 0.3) is 5.91 Å². The third-order valence-corrected chi connectivity index (χ3v) is 5.36. The maximum atomic E-state index is 13.6. The summed E-state index contributed by atoms with van der Waals surface area (Å²) in [5, 5.41) is 4.43. The fraction of sp³-hybridized carbons (Fsp3) is 0.273. The molecule has 2 amide bonds. The summed E-state index contributed by atoms with van der Waals surface area (Å²) in [6.45, 7) is 0.346. The average molecular weight is 412 g/mol. The highest BCUT2D eigenvalue weighted by Crippen LogP contribution is 2.30. The normalized spacial score (nSPS) is 20.4. The van der Waals surface area contributed by atoms with E-state index in [0.29, 0.717) is 12.0 Å². The molecule has 30 heavy (non-hydrogen) atoms. The Morgan fingerprint density at radius 3 is 2.63 bits per heavy atom. The minimum absolute atomic E-state index is 0.0896. The van der Waals surface area contributed by atoms with Crippen LogP contribution in [0.25, 0.3) is 0 Å². The molecule has 156 valence electrons. The molecule has 0 aromatic heterocycles. The maximum Gasteiger partial charge on any atom is 0.250 e. The second kappa shape index (κ2) is 8.62. The van der Waals surface area contributed by atoms with Crippen LogP contribution in [0.3, 0.4) is 0 Å². The van der Waals surface area contributed by atoms with E-state index in [4.69, 9.17) is 0 Å². The van der Waals surface area contributed by atoms with Crippen LogP contribution < -0.4 is 10.7 Å². The number of halogens is 2. The molecule has 2 aromatic carbocycles. The molecule has 1 saturated heterocycles. The molecule has 0 bridgehead atoms. The summed E-state index contributed by atoms with van der Waals surface area (Å²) in [6.07, 6.45) is 4.08. The van der Waals surface area contributed by atoms with Gasteiger partial charge in [0.15, 0.2) is 0 Å². The summed E-state index contributed by atoms with van der Waals surface area (Å²) in [4.78, 5) is 26.5. The van der Waals surface area contributed by atoms with E-state index in [1.165, 1.54) is 23.1 Å². The molecule has 2 atom stereocenters. The smallest absolute Gasteiger partial charge is 0.250 e. The van der Waals surface area contributed by atoms with Crippen LogP contribution in [-0.2, 0) is 16.1 Å². The number of benzene rings is 2. The minimum Gasteiger partial charge on any atom is -0.352 e. The minimum atomic E-state index is -0.383. The van der Waals surface area contributed by atoms with Gasteiger partial charge in [0.1, 0.15) is 17.7 Å². The summed E-state index contributed by atoms with van der Waals surface area (Å²) < 4.78 is 26.8. The van der Waals surface area contributed by atoms with E-state index in [9.17, 15) is 18.4 Å². The number of carbonyl (C=O) groups is 2. The lowest BCUT2D eigenvalue weighted by molar-refractivity contribution is -0.134. The Labute approximate surface area is 173 Å². The second-order valence-corrected chi connectivity index (χ2v) is 7.34. The predicted molar refractivity (Wildman–Crippen MR) is 106 cm³/mol. The molecule has 0 saturated carbocycles. The first kappa shape index (κ1) is 20.0. The van der Waals surface area contributed by atoms with E-state index in [1.807, 2.05) is 0 Å². The lowest BCUT2D eigenvalue weighted by Gasteiger charge is -2.31. The highest BCUT2D eigenvalue weighted by atomic mass is 19.1. The number of fused-ring (bicyclic) bond motifs is 1. The van der Waals surface area contributed by atoms with E-state index >= 15 is 0 Å². The molecule has 2 unspecified atom stereocenters. The Hall–Kier alpha value is -3.26. The van der Waals surface area contributed by atoms with Crippen molar-refractivity contribution in [2.75, 3.05) is 6.54 Å². The number of nitrogens with zero attached hydrogens (tertiary/aromatic N) is 2. The first-order chi connectivity index (χ1) is 14.5. The van der Waals surface area contributed by atoms with Gasteiger partial charge in [-0.15, -0.1) is 0 Å². The molecule has 8 heteroatoms. The zero-order valence-corrected chi connectivity index (χ0v) is 16.2. The van der Waals surface area contributed by atoms with Crippen LogP contribution in [0.1, 0.15) is 30.0 Å². The zero-order valence-electron chi connectivity index (χ0n) is 16.2. The molecule has 1 fully saturated rings. The standard InChI is InChI=1S/C22H22F2N4O2/c23-17-7-5-15(6-8-17)19-13-20-22(30)27(11-12-28(20)26-19)10-9-21(29)25-14-16-3-1-2-4-18(16)24/h1-8,11-12,19-20,26H,9-10,13-14H2,(H,25,29). The summed E-state index contributed by atoms with van der Waals surface area (Å²) in [5.74, 6) is -1.02. The van der Waals surface area contributed by atoms with E-state index in [-0.39, 0.29) is 55.0 Å². The van der Waals surface area contributed by atoms with Crippen LogP contribution in [0.5, 0.6) is 0 Å². The van der Waals surface area contributed by atoms with Crippen molar-refractivity contribution < 1.29 is 18.4 Å². The number of carbonyl (C=O) groups excluding carboxylic acids is 2. The van der Waals surface area contributed by atoms with Crippen LogP contribution >= 0.6 is 0 Å². The van der Waals surface area contributed by atoms with Gasteiger partial charge in [0, 0.05) is 37.5 Å². The first-order valence-electron chi connectivity index (χ1n) is 9.80. The molecule has 2 N–H and O–H groups in total. The van der Waals surface area contributed by atoms with E-state index < -0.39 is 0 Å². The first-order valence-corrected chi connectivity index (χ1v) is 9.80. The fourth-order valence-corrected chi connectivity index (χ4v) is 3.68. The Bertz CT molecular complexity index is 964. The van der Waals surface area contributed by atoms with Crippen molar-refractivity contribution in [3.05, 3.63) is 83.7 Å². The maximum absolute atomic E-state index is 13.6. The third kappa shape index (κ3) is 4.33. The van der Waals surface area contributed by atoms with Crippen molar-refractivity contribution in [1.82, 2.24) is 20.7 Å². The molecule has 0 aliphatic carbocycles.